The maximum atomic E-state index is 12.9. The number of piperidine rings is 1. The average Bonchev–Trinajstić information content (AvgIpc) is 2.68. The van der Waals surface area contributed by atoms with Crippen LogP contribution in [0.25, 0.3) is 0 Å². The Balaban J connectivity index is 2.06. The number of hydrogen-bond acceptors (Lipinski definition) is 4. The summed E-state index contributed by atoms with van der Waals surface area (Å²) >= 11 is 0. The molecule has 1 heterocycles. The van der Waals surface area contributed by atoms with E-state index < -0.39 is 10.0 Å². The molecular formula is C19H27N3O3S. The molecular weight excluding hydrogens is 350 g/mol. The molecule has 1 aliphatic heterocycles. The van der Waals surface area contributed by atoms with Gasteiger partial charge in [0.05, 0.1) is 10.5 Å². The van der Waals surface area contributed by atoms with E-state index in [-0.39, 0.29) is 22.3 Å². The Labute approximate surface area is 156 Å². The van der Waals surface area contributed by atoms with E-state index >= 15 is 0 Å². The summed E-state index contributed by atoms with van der Waals surface area (Å²) < 4.78 is 27.1. The molecule has 0 N–H and O–H groups in total. The van der Waals surface area contributed by atoms with Gasteiger partial charge in [-0.2, -0.15) is 9.57 Å². The number of benzene rings is 1. The van der Waals surface area contributed by atoms with Gasteiger partial charge in [0, 0.05) is 32.1 Å². The second-order valence-corrected chi connectivity index (χ2v) is 8.46. The van der Waals surface area contributed by atoms with Crippen LogP contribution in [0.1, 0.15) is 45.1 Å². The molecule has 1 saturated heterocycles. The van der Waals surface area contributed by atoms with Crippen LogP contribution in [0.15, 0.2) is 29.2 Å². The number of unbranched alkanes of at least 4 members (excludes halogenated alkanes) is 1. The molecule has 26 heavy (non-hydrogen) atoms. The van der Waals surface area contributed by atoms with Crippen molar-refractivity contribution >= 4 is 15.9 Å². The molecule has 142 valence electrons. The van der Waals surface area contributed by atoms with Crippen LogP contribution >= 0.6 is 0 Å². The van der Waals surface area contributed by atoms with Gasteiger partial charge in [-0.25, -0.2) is 8.42 Å². The Hall–Kier alpha value is -1.91. The Morgan fingerprint density at radius 1 is 1.27 bits per heavy atom. The number of rotatable bonds is 7. The highest BCUT2D eigenvalue weighted by atomic mass is 32.2. The Morgan fingerprint density at radius 2 is 1.92 bits per heavy atom. The number of carbonyl (C=O) groups excluding carboxylic acids is 1. The van der Waals surface area contributed by atoms with Crippen molar-refractivity contribution in [3.05, 3.63) is 29.8 Å². The minimum atomic E-state index is -3.71. The van der Waals surface area contributed by atoms with E-state index in [1.165, 1.54) is 16.4 Å². The molecule has 7 heteroatoms. The van der Waals surface area contributed by atoms with Crippen LogP contribution in [0.3, 0.4) is 0 Å². The van der Waals surface area contributed by atoms with Gasteiger partial charge in [-0.05, 0) is 38.3 Å². The molecule has 0 atom stereocenters. The minimum absolute atomic E-state index is 0.0467. The van der Waals surface area contributed by atoms with Crippen molar-refractivity contribution in [3.63, 3.8) is 0 Å². The monoisotopic (exact) mass is 377 g/mol. The van der Waals surface area contributed by atoms with E-state index in [1.54, 1.807) is 12.1 Å². The second kappa shape index (κ2) is 9.15. The number of sulfonamides is 1. The standard InChI is InChI=1S/C19H27N3O3S/c1-3-5-12-21(4-2)19(23)16-10-13-22(14-11-16)26(24,25)18-9-7-6-8-17(18)15-20/h6-9,16H,3-5,10-14H2,1-2H3. The summed E-state index contributed by atoms with van der Waals surface area (Å²) in [5, 5.41) is 9.17. The molecule has 0 unspecified atom stereocenters. The van der Waals surface area contributed by atoms with Gasteiger partial charge in [-0.3, -0.25) is 4.79 Å². The van der Waals surface area contributed by atoms with E-state index in [0.29, 0.717) is 32.5 Å². The third kappa shape index (κ3) is 4.43. The van der Waals surface area contributed by atoms with Gasteiger partial charge in [-0.1, -0.05) is 25.5 Å². The van der Waals surface area contributed by atoms with E-state index in [9.17, 15) is 18.5 Å². The second-order valence-electron chi connectivity index (χ2n) is 6.56. The quantitative estimate of drug-likeness (QED) is 0.731. The maximum Gasteiger partial charge on any atom is 0.244 e. The molecule has 2 rings (SSSR count). The number of nitrogens with zero attached hydrogens (tertiary/aromatic N) is 3. The zero-order valence-electron chi connectivity index (χ0n) is 15.5. The van der Waals surface area contributed by atoms with Crippen LogP contribution < -0.4 is 0 Å². The van der Waals surface area contributed by atoms with Crippen molar-refractivity contribution in [2.24, 2.45) is 5.92 Å². The first-order valence-electron chi connectivity index (χ1n) is 9.23. The highest BCUT2D eigenvalue weighted by molar-refractivity contribution is 7.89. The van der Waals surface area contributed by atoms with Crippen LogP contribution in [0.4, 0.5) is 0 Å². The van der Waals surface area contributed by atoms with Gasteiger partial charge >= 0.3 is 0 Å². The molecule has 1 aliphatic rings. The Kier molecular flexibility index (Phi) is 7.18. The van der Waals surface area contributed by atoms with Crippen molar-refractivity contribution in [1.82, 2.24) is 9.21 Å². The number of carbonyl (C=O) groups is 1. The van der Waals surface area contributed by atoms with Crippen molar-refractivity contribution in [2.45, 2.75) is 44.4 Å². The molecule has 0 spiro atoms. The van der Waals surface area contributed by atoms with Crippen molar-refractivity contribution in [3.8, 4) is 6.07 Å². The predicted octanol–water partition coefficient (Wildman–Crippen LogP) is 2.61. The normalized spacial score (nSPS) is 16.2. The largest absolute Gasteiger partial charge is 0.343 e. The molecule has 1 aromatic carbocycles. The molecule has 1 aromatic rings. The van der Waals surface area contributed by atoms with E-state index in [2.05, 4.69) is 6.92 Å². The average molecular weight is 378 g/mol. The van der Waals surface area contributed by atoms with E-state index in [1.807, 2.05) is 17.9 Å². The summed E-state index contributed by atoms with van der Waals surface area (Å²) in [6.07, 6.45) is 3.07. The topological polar surface area (TPSA) is 81.5 Å². The Bertz CT molecular complexity index is 762. The fourth-order valence-corrected chi connectivity index (χ4v) is 4.91. The number of nitriles is 1. The third-order valence-electron chi connectivity index (χ3n) is 4.90. The molecule has 0 saturated carbocycles. The zero-order valence-corrected chi connectivity index (χ0v) is 16.3. The number of hydrogen-bond donors (Lipinski definition) is 0. The highest BCUT2D eigenvalue weighted by Crippen LogP contribution is 2.26. The minimum Gasteiger partial charge on any atom is -0.343 e. The van der Waals surface area contributed by atoms with Gasteiger partial charge in [-0.15, -0.1) is 0 Å². The van der Waals surface area contributed by atoms with Gasteiger partial charge in [0.15, 0.2) is 0 Å². The lowest BCUT2D eigenvalue weighted by molar-refractivity contribution is -0.136. The highest BCUT2D eigenvalue weighted by Gasteiger charge is 2.34. The lowest BCUT2D eigenvalue weighted by Gasteiger charge is -2.33. The van der Waals surface area contributed by atoms with Gasteiger partial charge < -0.3 is 4.90 Å². The fourth-order valence-electron chi connectivity index (χ4n) is 3.30. The van der Waals surface area contributed by atoms with Crippen molar-refractivity contribution < 1.29 is 13.2 Å². The lowest BCUT2D eigenvalue weighted by Crippen LogP contribution is -2.44. The number of amides is 1. The van der Waals surface area contributed by atoms with Crippen molar-refractivity contribution in [2.75, 3.05) is 26.2 Å². The molecule has 6 nitrogen and oxygen atoms in total. The smallest absolute Gasteiger partial charge is 0.244 e. The lowest BCUT2D eigenvalue weighted by atomic mass is 9.96. The first-order chi connectivity index (χ1) is 12.5. The first-order valence-corrected chi connectivity index (χ1v) is 10.7. The van der Waals surface area contributed by atoms with Gasteiger partial charge in [0.2, 0.25) is 15.9 Å². The predicted molar refractivity (Wildman–Crippen MR) is 99.8 cm³/mol. The van der Waals surface area contributed by atoms with Gasteiger partial charge in [0.25, 0.3) is 0 Å². The first kappa shape index (κ1) is 20.4. The molecule has 1 amide bonds. The van der Waals surface area contributed by atoms with E-state index in [0.717, 1.165) is 19.4 Å². The van der Waals surface area contributed by atoms with Crippen LogP contribution in [-0.2, 0) is 14.8 Å². The van der Waals surface area contributed by atoms with Crippen LogP contribution in [0.5, 0.6) is 0 Å². The van der Waals surface area contributed by atoms with E-state index in [4.69, 9.17) is 0 Å². The summed E-state index contributed by atoms with van der Waals surface area (Å²) in [5.74, 6) is 0.0138. The third-order valence-corrected chi connectivity index (χ3v) is 6.86. The summed E-state index contributed by atoms with van der Waals surface area (Å²) in [4.78, 5) is 14.6. The van der Waals surface area contributed by atoms with Crippen molar-refractivity contribution in [1.29, 1.82) is 5.26 Å². The Morgan fingerprint density at radius 3 is 2.50 bits per heavy atom. The van der Waals surface area contributed by atoms with Crippen LogP contribution in [0.2, 0.25) is 0 Å². The summed E-state index contributed by atoms with van der Waals surface area (Å²) in [5.41, 5.74) is 0.155. The maximum absolute atomic E-state index is 12.9. The molecule has 0 aromatic heterocycles. The summed E-state index contributed by atoms with van der Waals surface area (Å²) in [7, 11) is -3.71. The van der Waals surface area contributed by atoms with Gasteiger partial charge in [0.1, 0.15) is 6.07 Å². The fraction of sp³-hybridized carbons (Fsp3) is 0.579. The van der Waals surface area contributed by atoms with Crippen LogP contribution in [0, 0.1) is 17.2 Å². The molecule has 0 bridgehead atoms. The summed E-state index contributed by atoms with van der Waals surface area (Å²) in [6, 6.07) is 8.19. The molecule has 0 radical (unpaired) electrons. The zero-order chi connectivity index (χ0) is 19.2. The van der Waals surface area contributed by atoms with Crippen LogP contribution in [-0.4, -0.2) is 49.7 Å². The summed E-state index contributed by atoms with van der Waals surface area (Å²) in [6.45, 7) is 6.15. The molecule has 0 aliphatic carbocycles. The SMILES string of the molecule is CCCCN(CC)C(=O)C1CCN(S(=O)(=O)c2ccccc2C#N)CC1. The molecule has 1 fully saturated rings.